The maximum atomic E-state index is 12.3. The number of carbonyl (C=O) groups is 2. The molecule has 1 aromatic heterocycles. The fourth-order valence-electron chi connectivity index (χ4n) is 2.85. The Morgan fingerprint density at radius 1 is 1.12 bits per heavy atom. The van der Waals surface area contributed by atoms with Gasteiger partial charge in [0.1, 0.15) is 6.26 Å². The summed E-state index contributed by atoms with van der Waals surface area (Å²) >= 11 is 0.447. The Morgan fingerprint density at radius 2 is 1.81 bits per heavy atom. The number of alkyl halides is 2. The van der Waals surface area contributed by atoms with E-state index in [1.54, 1.807) is 11.0 Å². The predicted molar refractivity (Wildman–Crippen MR) is 93.4 cm³/mol. The van der Waals surface area contributed by atoms with Gasteiger partial charge in [0.25, 0.3) is 17.6 Å². The average Bonchev–Trinajstić information content (AvgIpc) is 3.16. The molecule has 3 rings (SSSR count). The standard InChI is InChI=1S/C18H18F2N2O3S/c19-18(20)26-15-3-1-12(2-4-15)16(23)21-14-5-8-22(9-6-14)17(24)13-7-10-25-11-13/h1-4,7,10-11,14,18H,5-6,8-9H2,(H,21,23). The van der Waals surface area contributed by atoms with E-state index >= 15 is 0 Å². The van der Waals surface area contributed by atoms with Crippen molar-refractivity contribution in [3.05, 3.63) is 54.0 Å². The number of nitrogens with one attached hydrogen (secondary N) is 1. The molecule has 0 atom stereocenters. The van der Waals surface area contributed by atoms with Gasteiger partial charge in [-0.1, -0.05) is 11.8 Å². The molecule has 0 saturated carbocycles. The first-order valence-corrected chi connectivity index (χ1v) is 9.08. The molecule has 138 valence electrons. The van der Waals surface area contributed by atoms with E-state index in [1.807, 2.05) is 0 Å². The van der Waals surface area contributed by atoms with Crippen molar-refractivity contribution in [3.63, 3.8) is 0 Å². The van der Waals surface area contributed by atoms with Gasteiger partial charge in [-0.3, -0.25) is 9.59 Å². The van der Waals surface area contributed by atoms with Crippen LogP contribution in [0.4, 0.5) is 8.78 Å². The van der Waals surface area contributed by atoms with Gasteiger partial charge in [-0.2, -0.15) is 8.78 Å². The summed E-state index contributed by atoms with van der Waals surface area (Å²) in [7, 11) is 0. The van der Waals surface area contributed by atoms with E-state index in [2.05, 4.69) is 5.32 Å². The van der Waals surface area contributed by atoms with Gasteiger partial charge in [-0.15, -0.1) is 0 Å². The molecule has 5 nitrogen and oxygen atoms in total. The normalized spacial score (nSPS) is 15.3. The number of carbonyl (C=O) groups excluding carboxylic acids is 2. The lowest BCUT2D eigenvalue weighted by Crippen LogP contribution is -2.46. The van der Waals surface area contributed by atoms with Crippen LogP contribution < -0.4 is 5.32 Å². The molecule has 0 bridgehead atoms. The molecule has 1 N–H and O–H groups in total. The van der Waals surface area contributed by atoms with Crippen molar-refractivity contribution < 1.29 is 22.8 Å². The molecule has 1 saturated heterocycles. The molecule has 1 aromatic carbocycles. The van der Waals surface area contributed by atoms with Crippen molar-refractivity contribution in [2.45, 2.75) is 29.5 Å². The van der Waals surface area contributed by atoms with E-state index in [4.69, 9.17) is 4.42 Å². The lowest BCUT2D eigenvalue weighted by atomic mass is 10.0. The molecule has 8 heteroatoms. The van der Waals surface area contributed by atoms with E-state index < -0.39 is 5.76 Å². The minimum atomic E-state index is -2.48. The molecule has 0 radical (unpaired) electrons. The monoisotopic (exact) mass is 380 g/mol. The Hall–Kier alpha value is -2.35. The Kier molecular flexibility index (Phi) is 5.92. The van der Waals surface area contributed by atoms with Crippen molar-refractivity contribution in [1.82, 2.24) is 10.2 Å². The van der Waals surface area contributed by atoms with Crippen molar-refractivity contribution >= 4 is 23.6 Å². The van der Waals surface area contributed by atoms with Crippen molar-refractivity contribution in [2.24, 2.45) is 0 Å². The molecule has 1 fully saturated rings. The summed E-state index contributed by atoms with van der Waals surface area (Å²) < 4.78 is 29.6. The first-order chi connectivity index (χ1) is 12.5. The van der Waals surface area contributed by atoms with Crippen LogP contribution in [-0.4, -0.2) is 41.6 Å². The third-order valence-electron chi connectivity index (χ3n) is 4.23. The third kappa shape index (κ3) is 4.63. The van der Waals surface area contributed by atoms with Gasteiger partial charge in [-0.05, 0) is 43.2 Å². The van der Waals surface area contributed by atoms with Gasteiger partial charge >= 0.3 is 0 Å². The van der Waals surface area contributed by atoms with Crippen molar-refractivity contribution in [3.8, 4) is 0 Å². The van der Waals surface area contributed by atoms with E-state index in [0.29, 0.717) is 53.7 Å². The maximum Gasteiger partial charge on any atom is 0.288 e. The van der Waals surface area contributed by atoms with Gasteiger partial charge in [0.2, 0.25) is 0 Å². The molecule has 1 aliphatic rings. The summed E-state index contributed by atoms with van der Waals surface area (Å²) in [5.74, 6) is -2.79. The predicted octanol–water partition coefficient (Wildman–Crippen LogP) is 3.63. The van der Waals surface area contributed by atoms with Crippen LogP contribution in [0.2, 0.25) is 0 Å². The Bertz CT molecular complexity index is 742. The van der Waals surface area contributed by atoms with Gasteiger partial charge < -0.3 is 14.6 Å². The largest absolute Gasteiger partial charge is 0.472 e. The number of hydrogen-bond donors (Lipinski definition) is 1. The Morgan fingerprint density at radius 3 is 2.38 bits per heavy atom. The zero-order valence-electron chi connectivity index (χ0n) is 13.9. The molecule has 2 amide bonds. The number of rotatable bonds is 5. The highest BCUT2D eigenvalue weighted by molar-refractivity contribution is 7.99. The lowest BCUT2D eigenvalue weighted by Gasteiger charge is -2.32. The van der Waals surface area contributed by atoms with Crippen LogP contribution in [0.3, 0.4) is 0 Å². The smallest absolute Gasteiger partial charge is 0.288 e. The summed E-state index contributed by atoms with van der Waals surface area (Å²) in [5.41, 5.74) is 0.953. The summed E-state index contributed by atoms with van der Waals surface area (Å²) in [6.45, 7) is 1.11. The molecule has 26 heavy (non-hydrogen) atoms. The average molecular weight is 380 g/mol. The molecule has 0 spiro atoms. The summed E-state index contributed by atoms with van der Waals surface area (Å²) in [5, 5.41) is 2.94. The number of halogens is 2. The zero-order valence-corrected chi connectivity index (χ0v) is 14.7. The van der Waals surface area contributed by atoms with Crippen LogP contribution in [0.1, 0.15) is 33.6 Å². The lowest BCUT2D eigenvalue weighted by molar-refractivity contribution is 0.0697. The fraction of sp³-hybridized carbons (Fsp3) is 0.333. The molecule has 2 aromatic rings. The van der Waals surface area contributed by atoms with Crippen LogP contribution in [0.5, 0.6) is 0 Å². The highest BCUT2D eigenvalue weighted by atomic mass is 32.2. The summed E-state index contributed by atoms with van der Waals surface area (Å²) in [4.78, 5) is 26.7. The molecule has 0 aliphatic carbocycles. The van der Waals surface area contributed by atoms with Crippen LogP contribution in [0, 0.1) is 0 Å². The number of benzene rings is 1. The number of furan rings is 1. The molecule has 1 aliphatic heterocycles. The number of nitrogens with zero attached hydrogens (tertiary/aromatic N) is 1. The van der Waals surface area contributed by atoms with E-state index in [9.17, 15) is 18.4 Å². The second kappa shape index (κ2) is 8.35. The van der Waals surface area contributed by atoms with E-state index in [1.165, 1.54) is 36.8 Å². The van der Waals surface area contributed by atoms with E-state index in [-0.39, 0.29) is 17.9 Å². The van der Waals surface area contributed by atoms with Crippen molar-refractivity contribution in [1.29, 1.82) is 0 Å². The zero-order chi connectivity index (χ0) is 18.5. The number of amides is 2. The fourth-order valence-corrected chi connectivity index (χ4v) is 3.35. The number of thioether (sulfide) groups is 1. The quantitative estimate of drug-likeness (QED) is 0.805. The molecular weight excluding hydrogens is 362 g/mol. The van der Waals surface area contributed by atoms with Crippen LogP contribution in [0.25, 0.3) is 0 Å². The minimum Gasteiger partial charge on any atom is -0.472 e. The minimum absolute atomic E-state index is 0.0222. The molecule has 0 unspecified atom stereocenters. The topological polar surface area (TPSA) is 62.6 Å². The van der Waals surface area contributed by atoms with Gasteiger partial charge in [0.15, 0.2) is 0 Å². The van der Waals surface area contributed by atoms with Gasteiger partial charge in [-0.25, -0.2) is 0 Å². The second-order valence-electron chi connectivity index (χ2n) is 5.95. The van der Waals surface area contributed by atoms with E-state index in [0.717, 1.165) is 0 Å². The molecule has 2 heterocycles. The van der Waals surface area contributed by atoms with Crippen LogP contribution >= 0.6 is 11.8 Å². The Labute approximate surface area is 153 Å². The van der Waals surface area contributed by atoms with Gasteiger partial charge in [0, 0.05) is 29.6 Å². The third-order valence-corrected chi connectivity index (χ3v) is 4.95. The first kappa shape index (κ1) is 18.4. The Balaban J connectivity index is 1.49. The maximum absolute atomic E-state index is 12.3. The first-order valence-electron chi connectivity index (χ1n) is 8.20. The second-order valence-corrected chi connectivity index (χ2v) is 7.02. The number of piperidine rings is 1. The molecular formula is C18H18F2N2O3S. The van der Waals surface area contributed by atoms with Gasteiger partial charge in [0.05, 0.1) is 11.8 Å². The number of likely N-dealkylation sites (tertiary alicyclic amines) is 1. The summed E-state index contributed by atoms with van der Waals surface area (Å²) in [6, 6.07) is 7.71. The van der Waals surface area contributed by atoms with Crippen molar-refractivity contribution in [2.75, 3.05) is 13.1 Å². The highest BCUT2D eigenvalue weighted by Crippen LogP contribution is 2.25. The summed E-state index contributed by atoms with van der Waals surface area (Å²) in [6.07, 6.45) is 4.21. The van der Waals surface area contributed by atoms with Crippen LogP contribution in [0.15, 0.2) is 52.2 Å². The SMILES string of the molecule is O=C(NC1CCN(C(=O)c2ccoc2)CC1)c1ccc(SC(F)F)cc1. The van der Waals surface area contributed by atoms with Crippen LogP contribution in [-0.2, 0) is 0 Å². The number of hydrogen-bond acceptors (Lipinski definition) is 4. The highest BCUT2D eigenvalue weighted by Gasteiger charge is 2.25.